The van der Waals surface area contributed by atoms with Crippen LogP contribution in [0.4, 0.5) is 26.4 Å². The molecule has 88 valence electrons. The van der Waals surface area contributed by atoms with E-state index in [4.69, 9.17) is 17.3 Å². The number of aromatic nitrogens is 3. The molecule has 0 saturated carbocycles. The summed E-state index contributed by atoms with van der Waals surface area (Å²) in [5.74, 6) is -1.95. The van der Waals surface area contributed by atoms with Crippen LogP contribution in [-0.2, 0) is 0 Å². The lowest BCUT2D eigenvalue weighted by atomic mass is 10.3. The van der Waals surface area contributed by atoms with Crippen molar-refractivity contribution in [2.45, 2.75) is 0 Å². The lowest BCUT2D eigenvalue weighted by molar-refractivity contribution is 0.509. The first-order chi connectivity index (χ1) is 8.04. The van der Waals surface area contributed by atoms with E-state index in [0.29, 0.717) is 0 Å². The first-order valence-corrected chi connectivity index (χ1v) is 4.81. The summed E-state index contributed by atoms with van der Waals surface area (Å²) >= 11 is 5.56. The molecule has 0 aliphatic rings. The maximum atomic E-state index is 12.9. The highest BCUT2D eigenvalue weighted by atomic mass is 35.5. The molecule has 0 atom stereocenters. The molecule has 8 heteroatoms. The topological polar surface area (TPSA) is 76.7 Å². The Labute approximate surface area is 99.7 Å². The molecule has 0 bridgehead atoms. The minimum absolute atomic E-state index is 0.0495. The first kappa shape index (κ1) is 11.5. The van der Waals surface area contributed by atoms with Gasteiger partial charge in [0.2, 0.25) is 17.2 Å². The van der Waals surface area contributed by atoms with Crippen molar-refractivity contribution >= 4 is 29.2 Å². The Morgan fingerprint density at radius 1 is 1.12 bits per heavy atom. The Morgan fingerprint density at radius 2 is 1.88 bits per heavy atom. The average Bonchev–Trinajstić information content (AvgIpc) is 2.22. The lowest BCUT2D eigenvalue weighted by Crippen LogP contribution is -2.03. The number of nitrogens with two attached hydrogens (primary N) is 1. The average molecular weight is 258 g/mol. The number of nitrogens with zero attached hydrogens (tertiary/aromatic N) is 3. The molecule has 0 aliphatic carbocycles. The van der Waals surface area contributed by atoms with E-state index in [0.717, 1.165) is 12.1 Å². The molecule has 1 aromatic carbocycles. The van der Waals surface area contributed by atoms with E-state index in [-0.39, 0.29) is 22.9 Å². The summed E-state index contributed by atoms with van der Waals surface area (Å²) in [6, 6.07) is 3.26. The van der Waals surface area contributed by atoms with Crippen molar-refractivity contribution in [2.24, 2.45) is 0 Å². The third-order valence-electron chi connectivity index (χ3n) is 1.80. The SMILES string of the molecule is Nc1nc(Cl)nc(Nc2ccc(F)c(F)c2)n1. The van der Waals surface area contributed by atoms with Crippen LogP contribution in [0.5, 0.6) is 0 Å². The van der Waals surface area contributed by atoms with Crippen LogP contribution < -0.4 is 11.1 Å². The van der Waals surface area contributed by atoms with Crippen molar-refractivity contribution in [1.29, 1.82) is 0 Å². The summed E-state index contributed by atoms with van der Waals surface area (Å²) in [6.07, 6.45) is 0. The Hall–Kier alpha value is -2.02. The zero-order chi connectivity index (χ0) is 12.4. The van der Waals surface area contributed by atoms with Crippen LogP contribution in [0.25, 0.3) is 0 Å². The molecule has 0 spiro atoms. The molecule has 3 N–H and O–H groups in total. The zero-order valence-corrected chi connectivity index (χ0v) is 9.04. The quantitative estimate of drug-likeness (QED) is 0.862. The fourth-order valence-electron chi connectivity index (χ4n) is 1.12. The predicted molar refractivity (Wildman–Crippen MR) is 58.9 cm³/mol. The first-order valence-electron chi connectivity index (χ1n) is 4.44. The van der Waals surface area contributed by atoms with Crippen molar-refractivity contribution in [3.05, 3.63) is 35.1 Å². The highest BCUT2D eigenvalue weighted by Crippen LogP contribution is 2.17. The second-order valence-corrected chi connectivity index (χ2v) is 3.38. The van der Waals surface area contributed by atoms with Crippen LogP contribution in [0, 0.1) is 11.6 Å². The molecule has 1 heterocycles. The Bertz CT molecular complexity index is 543. The van der Waals surface area contributed by atoms with Crippen LogP contribution >= 0.6 is 11.6 Å². The van der Waals surface area contributed by atoms with Gasteiger partial charge >= 0.3 is 0 Å². The zero-order valence-electron chi connectivity index (χ0n) is 8.28. The number of rotatable bonds is 2. The van der Waals surface area contributed by atoms with Crippen molar-refractivity contribution < 1.29 is 8.78 Å². The van der Waals surface area contributed by atoms with Crippen LogP contribution in [0.15, 0.2) is 18.2 Å². The van der Waals surface area contributed by atoms with Crippen molar-refractivity contribution in [3.8, 4) is 0 Å². The molecule has 0 unspecified atom stereocenters. The highest BCUT2D eigenvalue weighted by Gasteiger charge is 2.06. The molecule has 0 saturated heterocycles. The van der Waals surface area contributed by atoms with Crippen LogP contribution in [0.3, 0.4) is 0 Å². The molecule has 0 radical (unpaired) electrons. The summed E-state index contributed by atoms with van der Waals surface area (Å²) in [4.78, 5) is 11.0. The highest BCUT2D eigenvalue weighted by molar-refractivity contribution is 6.28. The van der Waals surface area contributed by atoms with Gasteiger partial charge < -0.3 is 11.1 Å². The normalized spacial score (nSPS) is 10.3. The van der Waals surface area contributed by atoms with E-state index in [9.17, 15) is 8.78 Å². The molecule has 0 fully saturated rings. The lowest BCUT2D eigenvalue weighted by Gasteiger charge is -2.05. The molecule has 17 heavy (non-hydrogen) atoms. The number of halogens is 3. The Morgan fingerprint density at radius 3 is 2.53 bits per heavy atom. The monoisotopic (exact) mass is 257 g/mol. The second kappa shape index (κ2) is 4.46. The molecule has 2 rings (SSSR count). The minimum Gasteiger partial charge on any atom is -0.368 e. The van der Waals surface area contributed by atoms with Gasteiger partial charge in [0.25, 0.3) is 0 Å². The van der Waals surface area contributed by atoms with Crippen molar-refractivity contribution in [1.82, 2.24) is 15.0 Å². The fourth-order valence-corrected chi connectivity index (χ4v) is 1.29. The van der Waals surface area contributed by atoms with E-state index in [1.54, 1.807) is 0 Å². The minimum atomic E-state index is -0.983. The van der Waals surface area contributed by atoms with E-state index >= 15 is 0 Å². The fraction of sp³-hybridized carbons (Fsp3) is 0. The number of nitrogens with one attached hydrogen (secondary N) is 1. The molecule has 5 nitrogen and oxygen atoms in total. The van der Waals surface area contributed by atoms with E-state index < -0.39 is 11.6 Å². The van der Waals surface area contributed by atoms with Gasteiger partial charge in [0.15, 0.2) is 11.6 Å². The summed E-state index contributed by atoms with van der Waals surface area (Å²) in [6.45, 7) is 0. The van der Waals surface area contributed by atoms with Crippen LogP contribution in [0.1, 0.15) is 0 Å². The maximum absolute atomic E-state index is 12.9. The molecular weight excluding hydrogens is 252 g/mol. The molecule has 1 aromatic heterocycles. The van der Waals surface area contributed by atoms with Gasteiger partial charge in [-0.3, -0.25) is 0 Å². The van der Waals surface area contributed by atoms with Gasteiger partial charge in [-0.2, -0.15) is 15.0 Å². The van der Waals surface area contributed by atoms with Gasteiger partial charge in [0.05, 0.1) is 0 Å². The van der Waals surface area contributed by atoms with Crippen LogP contribution in [-0.4, -0.2) is 15.0 Å². The van der Waals surface area contributed by atoms with Gasteiger partial charge in [-0.05, 0) is 23.7 Å². The molecule has 2 aromatic rings. The van der Waals surface area contributed by atoms with E-state index in [1.165, 1.54) is 6.07 Å². The van der Waals surface area contributed by atoms with Gasteiger partial charge in [-0.25, -0.2) is 8.78 Å². The summed E-state index contributed by atoms with van der Waals surface area (Å²) in [5, 5.41) is 2.53. The molecular formula is C9H6ClF2N5. The van der Waals surface area contributed by atoms with Gasteiger partial charge in [-0.1, -0.05) is 0 Å². The number of hydrogen-bond acceptors (Lipinski definition) is 5. The van der Waals surface area contributed by atoms with E-state index in [2.05, 4.69) is 20.3 Å². The number of hydrogen-bond donors (Lipinski definition) is 2. The summed E-state index contributed by atoms with van der Waals surface area (Å²) < 4.78 is 25.6. The van der Waals surface area contributed by atoms with Crippen molar-refractivity contribution in [2.75, 3.05) is 11.1 Å². The number of benzene rings is 1. The van der Waals surface area contributed by atoms with Gasteiger partial charge in [0.1, 0.15) is 0 Å². The predicted octanol–water partition coefficient (Wildman–Crippen LogP) is 2.13. The Balaban J connectivity index is 2.28. The second-order valence-electron chi connectivity index (χ2n) is 3.04. The third-order valence-corrected chi connectivity index (χ3v) is 1.97. The van der Waals surface area contributed by atoms with Crippen LogP contribution in [0.2, 0.25) is 5.28 Å². The maximum Gasteiger partial charge on any atom is 0.233 e. The van der Waals surface area contributed by atoms with E-state index in [1.807, 2.05) is 0 Å². The smallest absolute Gasteiger partial charge is 0.233 e. The largest absolute Gasteiger partial charge is 0.368 e. The van der Waals surface area contributed by atoms with Gasteiger partial charge in [0, 0.05) is 11.8 Å². The third kappa shape index (κ3) is 2.76. The van der Waals surface area contributed by atoms with Crippen molar-refractivity contribution in [3.63, 3.8) is 0 Å². The summed E-state index contributed by atoms with van der Waals surface area (Å²) in [5.41, 5.74) is 5.62. The van der Waals surface area contributed by atoms with Gasteiger partial charge in [-0.15, -0.1) is 0 Å². The molecule has 0 aliphatic heterocycles. The Kier molecular flexibility index (Phi) is 3.01. The summed E-state index contributed by atoms with van der Waals surface area (Å²) in [7, 11) is 0. The number of nitrogen functional groups attached to an aromatic ring is 1. The number of anilines is 3. The molecule has 0 amide bonds. The standard InChI is InChI=1S/C9H6ClF2N5/c10-7-15-8(13)17-9(16-7)14-4-1-2-5(11)6(12)3-4/h1-3H,(H3,13,14,15,16,17).